The SMILES string of the molecule is O=C(O)c1nscc1S(=O)(=O)NCc1ccc2n[nH]nc2c1. The normalized spacial score (nSPS) is 11.8. The maximum absolute atomic E-state index is 12.2. The van der Waals surface area contributed by atoms with Crippen molar-refractivity contribution in [2.75, 3.05) is 0 Å². The first-order valence-electron chi connectivity index (χ1n) is 5.94. The number of hydrogen-bond acceptors (Lipinski definition) is 7. The summed E-state index contributed by atoms with van der Waals surface area (Å²) >= 11 is 0.774. The Hall–Kier alpha value is -2.37. The van der Waals surface area contributed by atoms with Crippen LogP contribution in [0.2, 0.25) is 0 Å². The Morgan fingerprint density at radius 3 is 2.86 bits per heavy atom. The Kier molecular flexibility index (Phi) is 3.60. The minimum absolute atomic E-state index is 0.0000387. The van der Waals surface area contributed by atoms with E-state index in [1.807, 2.05) is 0 Å². The van der Waals surface area contributed by atoms with Crippen molar-refractivity contribution in [2.45, 2.75) is 11.4 Å². The zero-order valence-corrected chi connectivity index (χ0v) is 12.5. The van der Waals surface area contributed by atoms with Crippen LogP contribution in [0.3, 0.4) is 0 Å². The molecule has 3 rings (SSSR count). The Morgan fingerprint density at radius 1 is 1.32 bits per heavy atom. The van der Waals surface area contributed by atoms with E-state index in [2.05, 4.69) is 24.5 Å². The number of aromatic nitrogens is 4. The predicted octanol–water partition coefficient (Wildman–Crippen LogP) is 0.591. The van der Waals surface area contributed by atoms with Crippen LogP contribution in [0.1, 0.15) is 16.1 Å². The molecule has 0 spiro atoms. The Balaban J connectivity index is 1.82. The number of sulfonamides is 1. The minimum Gasteiger partial charge on any atom is -0.476 e. The van der Waals surface area contributed by atoms with Gasteiger partial charge in [0.1, 0.15) is 15.9 Å². The number of carboxylic acid groups (broad SMARTS) is 1. The van der Waals surface area contributed by atoms with Gasteiger partial charge in [-0.2, -0.15) is 19.8 Å². The summed E-state index contributed by atoms with van der Waals surface area (Å²) in [5, 5.41) is 20.4. The average Bonchev–Trinajstić information content (AvgIpc) is 3.13. The van der Waals surface area contributed by atoms with Crippen LogP contribution in [0, 0.1) is 0 Å². The summed E-state index contributed by atoms with van der Waals surface area (Å²) in [4.78, 5) is 10.6. The lowest BCUT2D eigenvalue weighted by atomic mass is 10.2. The summed E-state index contributed by atoms with van der Waals surface area (Å²) in [6, 6.07) is 5.10. The van der Waals surface area contributed by atoms with Gasteiger partial charge >= 0.3 is 5.97 Å². The second-order valence-corrected chi connectivity index (χ2v) is 6.67. The first-order valence-corrected chi connectivity index (χ1v) is 8.26. The fourth-order valence-corrected chi connectivity index (χ4v) is 3.95. The number of H-pyrrole nitrogens is 1. The quantitative estimate of drug-likeness (QED) is 0.618. The molecule has 0 fully saturated rings. The molecule has 0 saturated heterocycles. The number of carboxylic acids is 1. The summed E-state index contributed by atoms with van der Waals surface area (Å²) in [6.07, 6.45) is 0. The maximum atomic E-state index is 12.2. The fourth-order valence-electron chi connectivity index (χ4n) is 1.81. The third-order valence-electron chi connectivity index (χ3n) is 2.88. The topological polar surface area (TPSA) is 138 Å². The third-order valence-corrected chi connectivity index (χ3v) is 5.07. The molecule has 22 heavy (non-hydrogen) atoms. The molecule has 0 bridgehead atoms. The number of hydrogen-bond donors (Lipinski definition) is 3. The second-order valence-electron chi connectivity index (χ2n) is 4.30. The van der Waals surface area contributed by atoms with Crippen LogP contribution in [0.4, 0.5) is 0 Å². The van der Waals surface area contributed by atoms with E-state index in [-0.39, 0.29) is 11.4 Å². The molecule has 0 aliphatic heterocycles. The number of nitrogens with zero attached hydrogens (tertiary/aromatic N) is 3. The van der Waals surface area contributed by atoms with Crippen LogP contribution in [0.15, 0.2) is 28.5 Å². The molecule has 114 valence electrons. The molecule has 0 unspecified atom stereocenters. The monoisotopic (exact) mass is 339 g/mol. The number of aromatic amines is 1. The molecule has 9 nitrogen and oxygen atoms in total. The summed E-state index contributed by atoms with van der Waals surface area (Å²) in [6.45, 7) is 0.0000387. The summed E-state index contributed by atoms with van der Waals surface area (Å²) in [7, 11) is -3.96. The van der Waals surface area contributed by atoms with Crippen molar-refractivity contribution in [3.8, 4) is 0 Å². The molecular formula is C11H9N5O4S2. The number of nitrogens with one attached hydrogen (secondary N) is 2. The molecule has 0 aliphatic rings. The van der Waals surface area contributed by atoms with Crippen LogP contribution in [-0.2, 0) is 16.6 Å². The summed E-state index contributed by atoms with van der Waals surface area (Å²) in [5.41, 5.74) is 1.47. The number of benzene rings is 1. The molecule has 3 aromatic rings. The summed E-state index contributed by atoms with van der Waals surface area (Å²) in [5.74, 6) is -1.38. The van der Waals surface area contributed by atoms with Crippen LogP contribution in [0.5, 0.6) is 0 Å². The maximum Gasteiger partial charge on any atom is 0.357 e. The molecule has 0 aliphatic carbocycles. The number of aromatic carboxylic acids is 1. The molecular weight excluding hydrogens is 330 g/mol. The lowest BCUT2D eigenvalue weighted by Crippen LogP contribution is -2.24. The largest absolute Gasteiger partial charge is 0.476 e. The highest BCUT2D eigenvalue weighted by atomic mass is 32.2. The number of carbonyl (C=O) groups is 1. The van der Waals surface area contributed by atoms with Gasteiger partial charge in [-0.15, -0.1) is 0 Å². The molecule has 2 heterocycles. The van der Waals surface area contributed by atoms with Gasteiger partial charge in [0.15, 0.2) is 5.69 Å². The van der Waals surface area contributed by atoms with Gasteiger partial charge in [-0.3, -0.25) is 0 Å². The highest BCUT2D eigenvalue weighted by Crippen LogP contribution is 2.18. The van der Waals surface area contributed by atoms with Crippen molar-refractivity contribution in [1.82, 2.24) is 24.5 Å². The molecule has 2 aromatic heterocycles. The van der Waals surface area contributed by atoms with E-state index >= 15 is 0 Å². The Morgan fingerprint density at radius 2 is 2.09 bits per heavy atom. The summed E-state index contributed by atoms with van der Waals surface area (Å²) < 4.78 is 30.2. The fraction of sp³-hybridized carbons (Fsp3) is 0.0909. The standard InChI is InChI=1S/C11H9N5O4S2/c17-11(18)10-9(5-21-15-10)22(19,20)12-4-6-1-2-7-8(3-6)14-16-13-7/h1-3,5,12H,4H2,(H,17,18)(H,13,14,16). The van der Waals surface area contributed by atoms with Gasteiger partial charge in [0.05, 0.1) is 0 Å². The number of rotatable bonds is 5. The zero-order valence-electron chi connectivity index (χ0n) is 10.8. The molecule has 11 heteroatoms. The van der Waals surface area contributed by atoms with E-state index < -0.39 is 21.7 Å². The van der Waals surface area contributed by atoms with Gasteiger partial charge in [0.2, 0.25) is 10.0 Å². The van der Waals surface area contributed by atoms with Gasteiger partial charge in [0, 0.05) is 11.9 Å². The average molecular weight is 339 g/mol. The molecule has 0 amide bonds. The van der Waals surface area contributed by atoms with Crippen LogP contribution in [0.25, 0.3) is 11.0 Å². The molecule has 0 atom stereocenters. The van der Waals surface area contributed by atoms with Gasteiger partial charge in [-0.05, 0) is 29.2 Å². The van der Waals surface area contributed by atoms with E-state index in [9.17, 15) is 13.2 Å². The number of fused-ring (bicyclic) bond motifs is 1. The van der Waals surface area contributed by atoms with Gasteiger partial charge in [-0.25, -0.2) is 17.9 Å². The predicted molar refractivity (Wildman–Crippen MR) is 77.0 cm³/mol. The minimum atomic E-state index is -3.96. The van der Waals surface area contributed by atoms with Crippen LogP contribution in [-0.4, -0.2) is 39.3 Å². The molecule has 0 saturated carbocycles. The van der Waals surface area contributed by atoms with E-state index in [1.165, 1.54) is 5.38 Å². The van der Waals surface area contributed by atoms with E-state index in [4.69, 9.17) is 5.11 Å². The first kappa shape index (κ1) is 14.6. The smallest absolute Gasteiger partial charge is 0.357 e. The van der Waals surface area contributed by atoms with Crippen molar-refractivity contribution < 1.29 is 18.3 Å². The van der Waals surface area contributed by atoms with E-state index in [0.29, 0.717) is 16.6 Å². The van der Waals surface area contributed by atoms with Crippen LogP contribution >= 0.6 is 11.5 Å². The highest BCUT2D eigenvalue weighted by Gasteiger charge is 2.24. The first-order chi connectivity index (χ1) is 10.5. The Bertz CT molecular complexity index is 946. The van der Waals surface area contributed by atoms with Crippen molar-refractivity contribution in [2.24, 2.45) is 0 Å². The lowest BCUT2D eigenvalue weighted by molar-refractivity contribution is 0.0687. The van der Waals surface area contributed by atoms with Crippen molar-refractivity contribution >= 4 is 38.6 Å². The lowest BCUT2D eigenvalue weighted by Gasteiger charge is -2.05. The van der Waals surface area contributed by atoms with Crippen molar-refractivity contribution in [3.05, 3.63) is 34.8 Å². The second kappa shape index (κ2) is 5.44. The zero-order chi connectivity index (χ0) is 15.7. The van der Waals surface area contributed by atoms with Gasteiger partial charge in [-0.1, -0.05) is 6.07 Å². The van der Waals surface area contributed by atoms with Crippen molar-refractivity contribution in [1.29, 1.82) is 0 Å². The third kappa shape index (κ3) is 2.68. The molecule has 0 radical (unpaired) electrons. The van der Waals surface area contributed by atoms with Crippen molar-refractivity contribution in [3.63, 3.8) is 0 Å². The highest BCUT2D eigenvalue weighted by molar-refractivity contribution is 7.89. The van der Waals surface area contributed by atoms with E-state index in [1.54, 1.807) is 18.2 Å². The van der Waals surface area contributed by atoms with Gasteiger partial charge < -0.3 is 5.11 Å². The molecule has 3 N–H and O–H groups in total. The van der Waals surface area contributed by atoms with Crippen LogP contribution < -0.4 is 4.72 Å². The Labute approximate surface area is 128 Å². The van der Waals surface area contributed by atoms with E-state index in [0.717, 1.165) is 11.5 Å². The van der Waals surface area contributed by atoms with Gasteiger partial charge in [0.25, 0.3) is 0 Å². The molecule has 1 aromatic carbocycles.